The first-order chi connectivity index (χ1) is 9.61. The number of methoxy groups -OCH3 is 1. The maximum Gasteiger partial charge on any atom is 0.165 e. The maximum atomic E-state index is 13.6. The van der Waals surface area contributed by atoms with E-state index in [1.165, 1.54) is 13.2 Å². The summed E-state index contributed by atoms with van der Waals surface area (Å²) in [6.07, 6.45) is 1.08. The Labute approximate surface area is 121 Å². The van der Waals surface area contributed by atoms with Crippen LogP contribution in [0.4, 0.5) is 4.39 Å². The van der Waals surface area contributed by atoms with Gasteiger partial charge in [-0.25, -0.2) is 4.39 Å². The SMILES string of the molecule is COc1cc([C@@H](CC(C)C)N2CCNCC2)ccc1F. The molecule has 0 radical (unpaired) electrons. The molecule has 20 heavy (non-hydrogen) atoms. The Hall–Kier alpha value is -1.13. The molecular formula is C16H25FN2O. The minimum absolute atomic E-state index is 0.292. The van der Waals surface area contributed by atoms with Crippen molar-refractivity contribution in [1.82, 2.24) is 10.2 Å². The molecule has 2 rings (SSSR count). The van der Waals surface area contributed by atoms with Crippen molar-refractivity contribution in [2.75, 3.05) is 33.3 Å². The third-order valence-electron chi connectivity index (χ3n) is 3.85. The molecule has 1 aliphatic heterocycles. The van der Waals surface area contributed by atoms with Gasteiger partial charge >= 0.3 is 0 Å². The molecule has 0 aliphatic carbocycles. The summed E-state index contributed by atoms with van der Waals surface area (Å²) in [7, 11) is 1.52. The van der Waals surface area contributed by atoms with Crippen molar-refractivity contribution >= 4 is 0 Å². The fraction of sp³-hybridized carbons (Fsp3) is 0.625. The van der Waals surface area contributed by atoms with E-state index < -0.39 is 0 Å². The minimum atomic E-state index is -0.292. The van der Waals surface area contributed by atoms with E-state index in [9.17, 15) is 4.39 Å². The Morgan fingerprint density at radius 1 is 1.30 bits per heavy atom. The van der Waals surface area contributed by atoms with Gasteiger partial charge in [-0.3, -0.25) is 4.90 Å². The molecule has 0 unspecified atom stereocenters. The number of nitrogens with one attached hydrogen (secondary N) is 1. The third kappa shape index (κ3) is 3.70. The monoisotopic (exact) mass is 280 g/mol. The van der Waals surface area contributed by atoms with Gasteiger partial charge in [-0.2, -0.15) is 0 Å². The van der Waals surface area contributed by atoms with E-state index in [0.29, 0.717) is 17.7 Å². The van der Waals surface area contributed by atoms with Crippen LogP contribution in [0.15, 0.2) is 18.2 Å². The largest absolute Gasteiger partial charge is 0.494 e. The highest BCUT2D eigenvalue weighted by atomic mass is 19.1. The molecule has 3 nitrogen and oxygen atoms in total. The number of rotatable bonds is 5. The fourth-order valence-electron chi connectivity index (χ4n) is 2.82. The lowest BCUT2D eigenvalue weighted by atomic mass is 9.95. The summed E-state index contributed by atoms with van der Waals surface area (Å²) < 4.78 is 18.7. The van der Waals surface area contributed by atoms with E-state index in [1.54, 1.807) is 0 Å². The summed E-state index contributed by atoms with van der Waals surface area (Å²) in [5.41, 5.74) is 1.15. The van der Waals surface area contributed by atoms with Gasteiger partial charge in [-0.15, -0.1) is 0 Å². The van der Waals surface area contributed by atoms with Crippen LogP contribution in [0.2, 0.25) is 0 Å². The van der Waals surface area contributed by atoms with Gasteiger partial charge in [0.25, 0.3) is 0 Å². The summed E-state index contributed by atoms with van der Waals surface area (Å²) in [6, 6.07) is 5.60. The van der Waals surface area contributed by atoms with Gasteiger partial charge in [0.1, 0.15) is 0 Å². The lowest BCUT2D eigenvalue weighted by Crippen LogP contribution is -2.45. The van der Waals surface area contributed by atoms with E-state index >= 15 is 0 Å². The molecule has 1 atom stereocenters. The van der Waals surface area contributed by atoms with Crippen LogP contribution in [0.5, 0.6) is 5.75 Å². The summed E-state index contributed by atoms with van der Waals surface area (Å²) in [5.74, 6) is 0.650. The third-order valence-corrected chi connectivity index (χ3v) is 3.85. The Morgan fingerprint density at radius 3 is 2.60 bits per heavy atom. The summed E-state index contributed by atoms with van der Waals surface area (Å²) >= 11 is 0. The predicted octanol–water partition coefficient (Wildman–Crippen LogP) is 2.83. The predicted molar refractivity (Wildman–Crippen MR) is 79.6 cm³/mol. The zero-order chi connectivity index (χ0) is 14.5. The molecule has 0 bridgehead atoms. The first-order valence-electron chi connectivity index (χ1n) is 7.40. The van der Waals surface area contributed by atoms with Gasteiger partial charge in [0.15, 0.2) is 11.6 Å². The van der Waals surface area contributed by atoms with Gasteiger partial charge in [-0.1, -0.05) is 19.9 Å². The molecular weight excluding hydrogens is 255 g/mol. The summed E-state index contributed by atoms with van der Waals surface area (Å²) in [5, 5.41) is 3.38. The van der Waals surface area contributed by atoms with Crippen LogP contribution >= 0.6 is 0 Å². The minimum Gasteiger partial charge on any atom is -0.494 e. The van der Waals surface area contributed by atoms with Crippen molar-refractivity contribution in [3.63, 3.8) is 0 Å². The Kier molecular flexibility index (Phi) is 5.38. The molecule has 1 heterocycles. The molecule has 1 aromatic rings. The van der Waals surface area contributed by atoms with Crippen molar-refractivity contribution in [1.29, 1.82) is 0 Å². The average Bonchev–Trinajstić information content (AvgIpc) is 2.46. The Balaban J connectivity index is 2.24. The van der Waals surface area contributed by atoms with Crippen molar-refractivity contribution in [2.24, 2.45) is 5.92 Å². The smallest absolute Gasteiger partial charge is 0.165 e. The number of piperazine rings is 1. The van der Waals surface area contributed by atoms with E-state index in [0.717, 1.165) is 38.2 Å². The molecule has 1 aromatic carbocycles. The molecule has 0 saturated carbocycles. The van der Waals surface area contributed by atoms with Crippen LogP contribution in [0.1, 0.15) is 31.9 Å². The van der Waals surface area contributed by atoms with E-state index in [4.69, 9.17) is 4.74 Å². The molecule has 1 fully saturated rings. The second kappa shape index (κ2) is 7.04. The van der Waals surface area contributed by atoms with Crippen LogP contribution in [0.25, 0.3) is 0 Å². The van der Waals surface area contributed by atoms with Crippen LogP contribution in [0.3, 0.4) is 0 Å². The molecule has 0 aromatic heterocycles. The number of hydrogen-bond acceptors (Lipinski definition) is 3. The number of ether oxygens (including phenoxy) is 1. The maximum absolute atomic E-state index is 13.6. The Morgan fingerprint density at radius 2 is 2.00 bits per heavy atom. The van der Waals surface area contributed by atoms with Gasteiger partial charge in [0.05, 0.1) is 7.11 Å². The number of hydrogen-bond donors (Lipinski definition) is 1. The summed E-state index contributed by atoms with van der Waals surface area (Å²) in [4.78, 5) is 2.49. The molecule has 4 heteroatoms. The van der Waals surface area contributed by atoms with Crippen LogP contribution < -0.4 is 10.1 Å². The van der Waals surface area contributed by atoms with Crippen LogP contribution in [0, 0.1) is 11.7 Å². The second-order valence-electron chi connectivity index (χ2n) is 5.83. The van der Waals surface area contributed by atoms with Gasteiger partial charge in [0, 0.05) is 32.2 Å². The lowest BCUT2D eigenvalue weighted by molar-refractivity contribution is 0.153. The second-order valence-corrected chi connectivity index (χ2v) is 5.83. The van der Waals surface area contributed by atoms with Crippen molar-refractivity contribution in [3.05, 3.63) is 29.6 Å². The summed E-state index contributed by atoms with van der Waals surface area (Å²) in [6.45, 7) is 8.58. The standard InChI is InChI=1S/C16H25FN2O/c1-12(2)10-15(19-8-6-18-7-9-19)13-4-5-14(17)16(11-13)20-3/h4-5,11-12,15,18H,6-10H2,1-3H3/t15-/m1/s1. The number of nitrogens with zero attached hydrogens (tertiary/aromatic N) is 1. The zero-order valence-electron chi connectivity index (χ0n) is 12.7. The van der Waals surface area contributed by atoms with Crippen LogP contribution in [-0.2, 0) is 0 Å². The van der Waals surface area contributed by atoms with Crippen molar-refractivity contribution in [3.8, 4) is 5.75 Å². The molecule has 0 spiro atoms. The van der Waals surface area contributed by atoms with E-state index in [2.05, 4.69) is 24.1 Å². The molecule has 0 amide bonds. The quantitative estimate of drug-likeness (QED) is 0.897. The zero-order valence-corrected chi connectivity index (χ0v) is 12.7. The highest BCUT2D eigenvalue weighted by Gasteiger charge is 2.23. The van der Waals surface area contributed by atoms with Crippen LogP contribution in [-0.4, -0.2) is 38.2 Å². The number of benzene rings is 1. The van der Waals surface area contributed by atoms with Gasteiger partial charge in [-0.05, 0) is 30.0 Å². The van der Waals surface area contributed by atoms with E-state index in [1.807, 2.05) is 12.1 Å². The highest BCUT2D eigenvalue weighted by Crippen LogP contribution is 2.31. The normalized spacial score (nSPS) is 18.2. The van der Waals surface area contributed by atoms with Crippen molar-refractivity contribution in [2.45, 2.75) is 26.3 Å². The topological polar surface area (TPSA) is 24.5 Å². The molecule has 1 N–H and O–H groups in total. The first-order valence-corrected chi connectivity index (χ1v) is 7.40. The number of halogens is 1. The highest BCUT2D eigenvalue weighted by molar-refractivity contribution is 5.32. The lowest BCUT2D eigenvalue weighted by Gasteiger charge is -2.36. The first kappa shape index (κ1) is 15.3. The molecule has 112 valence electrons. The van der Waals surface area contributed by atoms with E-state index in [-0.39, 0.29) is 5.82 Å². The molecule has 1 aliphatic rings. The Bertz CT molecular complexity index is 430. The van der Waals surface area contributed by atoms with Crippen molar-refractivity contribution < 1.29 is 9.13 Å². The van der Waals surface area contributed by atoms with Gasteiger partial charge in [0.2, 0.25) is 0 Å². The average molecular weight is 280 g/mol. The fourth-order valence-corrected chi connectivity index (χ4v) is 2.82. The molecule has 1 saturated heterocycles. The van der Waals surface area contributed by atoms with Gasteiger partial charge < -0.3 is 10.1 Å².